The molecule has 1 rings (SSSR count). The zero-order valence-corrected chi connectivity index (χ0v) is 4.18. The summed E-state index contributed by atoms with van der Waals surface area (Å²) in [5.74, 6) is 0. The molecule has 1 aliphatic heterocycles. The number of allylic oxidation sites excluding steroid dienone is 2. The van der Waals surface area contributed by atoms with Crippen LogP contribution < -0.4 is 0 Å². The zero-order chi connectivity index (χ0) is 5.28. The van der Waals surface area contributed by atoms with E-state index in [-0.39, 0.29) is 0 Å². The maximum atomic E-state index is 3.70. The molecular formula is C5H6N2. The Kier molecular flexibility index (Phi) is 0.785. The quantitative estimate of drug-likeness (QED) is 0.437. The minimum absolute atomic E-state index is 0.748. The Labute approximate surface area is 42.3 Å². The second kappa shape index (κ2) is 1.30. The fourth-order valence-electron chi connectivity index (χ4n) is 0.442. The molecular weight excluding hydrogens is 88.1 g/mol. The first-order valence-electron chi connectivity index (χ1n) is 2.08. The number of nitrogens with zero attached hydrogens (tertiary/aromatic N) is 2. The van der Waals surface area contributed by atoms with Gasteiger partial charge in [0.1, 0.15) is 0 Å². The van der Waals surface area contributed by atoms with Crippen LogP contribution in [0.4, 0.5) is 0 Å². The summed E-state index contributed by atoms with van der Waals surface area (Å²) in [6.45, 7) is 5.46. The minimum Gasteiger partial charge on any atom is -0.155 e. The maximum absolute atomic E-state index is 3.70. The van der Waals surface area contributed by atoms with Crippen molar-refractivity contribution in [2.24, 2.45) is 10.2 Å². The largest absolute Gasteiger partial charge is 0.155 e. The Balaban J connectivity index is 2.88. The first-order valence-corrected chi connectivity index (χ1v) is 2.08. The molecule has 0 saturated heterocycles. The lowest BCUT2D eigenvalue weighted by Gasteiger charge is -1.69. The lowest BCUT2D eigenvalue weighted by Crippen LogP contribution is -1.55. The number of hydrogen-bond donors (Lipinski definition) is 0. The molecule has 1 aliphatic rings. The van der Waals surface area contributed by atoms with Gasteiger partial charge in [-0.05, 0) is 13.0 Å². The highest BCUT2D eigenvalue weighted by Crippen LogP contribution is 2.11. The fraction of sp³-hybridized carbons (Fsp3) is 0.200. The van der Waals surface area contributed by atoms with Gasteiger partial charge in [-0.2, -0.15) is 10.2 Å². The topological polar surface area (TPSA) is 24.7 Å². The van der Waals surface area contributed by atoms with Crippen LogP contribution in [0.2, 0.25) is 0 Å². The van der Waals surface area contributed by atoms with Crippen molar-refractivity contribution in [3.63, 3.8) is 0 Å². The molecule has 0 saturated carbocycles. The van der Waals surface area contributed by atoms with Crippen molar-refractivity contribution < 1.29 is 0 Å². The van der Waals surface area contributed by atoms with Crippen LogP contribution in [0, 0.1) is 0 Å². The normalized spacial score (nSPS) is 17.9. The van der Waals surface area contributed by atoms with Crippen LogP contribution in [-0.2, 0) is 0 Å². The summed E-state index contributed by atoms with van der Waals surface area (Å²) < 4.78 is 0. The van der Waals surface area contributed by atoms with Crippen LogP contribution in [0.25, 0.3) is 0 Å². The molecule has 0 bridgehead atoms. The molecule has 2 heteroatoms. The Bertz CT molecular complexity index is 153. The molecule has 0 fully saturated rings. The van der Waals surface area contributed by atoms with E-state index in [1.54, 1.807) is 0 Å². The van der Waals surface area contributed by atoms with Gasteiger partial charge in [-0.25, -0.2) is 0 Å². The lowest BCUT2D eigenvalue weighted by atomic mass is 10.4. The summed E-state index contributed by atoms with van der Waals surface area (Å²) in [5.41, 5.74) is 1.68. The molecule has 2 nitrogen and oxygen atoms in total. The van der Waals surface area contributed by atoms with Crippen molar-refractivity contribution in [3.8, 4) is 0 Å². The molecule has 0 atom stereocenters. The van der Waals surface area contributed by atoms with Crippen LogP contribution >= 0.6 is 0 Å². The van der Waals surface area contributed by atoms with Crippen molar-refractivity contribution in [2.45, 2.75) is 6.92 Å². The lowest BCUT2D eigenvalue weighted by molar-refractivity contribution is 1.17. The van der Waals surface area contributed by atoms with Gasteiger partial charge in [0.25, 0.3) is 0 Å². The van der Waals surface area contributed by atoms with Gasteiger partial charge in [-0.3, -0.25) is 0 Å². The van der Waals surface area contributed by atoms with Crippen LogP contribution in [0.1, 0.15) is 6.92 Å². The molecule has 0 unspecified atom stereocenters. The molecule has 7 heavy (non-hydrogen) atoms. The molecule has 36 valence electrons. The third-order valence-corrected chi connectivity index (χ3v) is 0.712. The molecule has 0 N–H and O–H groups in total. The summed E-state index contributed by atoms with van der Waals surface area (Å²) in [6, 6.07) is 0. The van der Waals surface area contributed by atoms with E-state index < -0.39 is 0 Å². The van der Waals surface area contributed by atoms with Crippen LogP contribution in [0.15, 0.2) is 34.3 Å². The van der Waals surface area contributed by atoms with Gasteiger partial charge in [0.15, 0.2) is 0 Å². The molecule has 0 spiro atoms. The van der Waals surface area contributed by atoms with E-state index >= 15 is 0 Å². The van der Waals surface area contributed by atoms with Crippen LogP contribution in [0.5, 0.6) is 0 Å². The highest BCUT2D eigenvalue weighted by Gasteiger charge is 1.93. The first kappa shape index (κ1) is 4.24. The van der Waals surface area contributed by atoms with E-state index in [0.717, 1.165) is 11.4 Å². The fourth-order valence-corrected chi connectivity index (χ4v) is 0.442. The van der Waals surface area contributed by atoms with Crippen molar-refractivity contribution >= 4 is 0 Å². The SMILES string of the molecule is C=C1C=C(C)N=N1. The standard InChI is InChI=1S/C5H6N2/c1-4-3-5(2)7-6-4/h3H,1H2,2H3. The van der Waals surface area contributed by atoms with E-state index in [2.05, 4.69) is 16.8 Å². The van der Waals surface area contributed by atoms with Crippen molar-refractivity contribution in [3.05, 3.63) is 24.0 Å². The highest BCUT2D eigenvalue weighted by atomic mass is 15.1. The molecule has 1 heterocycles. The Morgan fingerprint density at radius 1 is 1.57 bits per heavy atom. The second-order valence-electron chi connectivity index (χ2n) is 1.48. The molecule has 0 radical (unpaired) electrons. The summed E-state index contributed by atoms with van der Waals surface area (Å²) in [7, 11) is 0. The molecule has 0 aromatic heterocycles. The molecule has 0 amide bonds. The Morgan fingerprint density at radius 2 is 2.29 bits per heavy atom. The van der Waals surface area contributed by atoms with E-state index in [0.29, 0.717) is 0 Å². The average molecular weight is 94.1 g/mol. The number of azo groups is 1. The molecule has 0 aromatic rings. The van der Waals surface area contributed by atoms with Crippen LogP contribution in [0.3, 0.4) is 0 Å². The monoisotopic (exact) mass is 94.1 g/mol. The highest BCUT2D eigenvalue weighted by molar-refractivity contribution is 5.21. The van der Waals surface area contributed by atoms with Crippen molar-refractivity contribution in [1.82, 2.24) is 0 Å². The van der Waals surface area contributed by atoms with Crippen LogP contribution in [-0.4, -0.2) is 0 Å². The van der Waals surface area contributed by atoms with E-state index in [4.69, 9.17) is 0 Å². The van der Waals surface area contributed by atoms with Gasteiger partial charge in [0.05, 0.1) is 11.4 Å². The average Bonchev–Trinajstić information content (AvgIpc) is 1.87. The number of rotatable bonds is 0. The van der Waals surface area contributed by atoms with Gasteiger partial charge in [-0.15, -0.1) is 0 Å². The van der Waals surface area contributed by atoms with Gasteiger partial charge >= 0.3 is 0 Å². The predicted molar refractivity (Wildman–Crippen MR) is 27.8 cm³/mol. The Hall–Kier alpha value is -0.920. The van der Waals surface area contributed by atoms with E-state index in [1.165, 1.54) is 0 Å². The summed E-state index contributed by atoms with van der Waals surface area (Å²) in [6.07, 6.45) is 1.83. The Morgan fingerprint density at radius 3 is 2.43 bits per heavy atom. The zero-order valence-electron chi connectivity index (χ0n) is 4.18. The van der Waals surface area contributed by atoms with Gasteiger partial charge in [0, 0.05) is 0 Å². The van der Waals surface area contributed by atoms with Gasteiger partial charge in [-0.1, -0.05) is 6.58 Å². The minimum atomic E-state index is 0.748. The summed E-state index contributed by atoms with van der Waals surface area (Å²) in [4.78, 5) is 0. The summed E-state index contributed by atoms with van der Waals surface area (Å²) >= 11 is 0. The third kappa shape index (κ3) is 0.738. The second-order valence-corrected chi connectivity index (χ2v) is 1.48. The van der Waals surface area contributed by atoms with Crippen molar-refractivity contribution in [2.75, 3.05) is 0 Å². The van der Waals surface area contributed by atoms with E-state index in [1.807, 2.05) is 13.0 Å². The molecule has 0 aromatic carbocycles. The maximum Gasteiger partial charge on any atom is 0.0803 e. The first-order chi connectivity index (χ1) is 3.29. The molecule has 0 aliphatic carbocycles. The van der Waals surface area contributed by atoms with Crippen molar-refractivity contribution in [1.29, 1.82) is 0 Å². The predicted octanol–water partition coefficient (Wildman–Crippen LogP) is 1.87. The van der Waals surface area contributed by atoms with Gasteiger partial charge < -0.3 is 0 Å². The smallest absolute Gasteiger partial charge is 0.0803 e. The van der Waals surface area contributed by atoms with E-state index in [9.17, 15) is 0 Å². The van der Waals surface area contributed by atoms with Gasteiger partial charge in [0.2, 0.25) is 0 Å². The number of hydrogen-bond acceptors (Lipinski definition) is 2. The third-order valence-electron chi connectivity index (χ3n) is 0.712. The summed E-state index contributed by atoms with van der Waals surface area (Å²) in [5, 5.41) is 7.36.